The largest absolute Gasteiger partial charge is 0.493 e. The van der Waals surface area contributed by atoms with Crippen molar-refractivity contribution in [3.63, 3.8) is 0 Å². The first-order valence-corrected chi connectivity index (χ1v) is 8.22. The average molecular weight is 390 g/mol. The summed E-state index contributed by atoms with van der Waals surface area (Å²) in [4.78, 5) is 33.6. The number of aromatic nitrogens is 2. The third kappa shape index (κ3) is 5.47. The van der Waals surface area contributed by atoms with Crippen molar-refractivity contribution in [2.75, 3.05) is 51.7 Å². The summed E-state index contributed by atoms with van der Waals surface area (Å²) in [6.45, 7) is -0.541. The Kier molecular flexibility index (Phi) is 7.37. The van der Waals surface area contributed by atoms with Crippen molar-refractivity contribution in [3.8, 4) is 17.2 Å². The lowest BCUT2D eigenvalue weighted by molar-refractivity contribution is -0.145. The number of hydrogen-bond acceptors (Lipinski definition) is 9. The van der Waals surface area contributed by atoms with Crippen LogP contribution < -0.4 is 24.4 Å². The molecule has 1 N–H and O–H groups in total. The predicted octanol–water partition coefficient (Wildman–Crippen LogP) is 1.12. The molecular weight excluding hydrogens is 368 g/mol. The highest BCUT2D eigenvalue weighted by Gasteiger charge is 2.16. The van der Waals surface area contributed by atoms with Gasteiger partial charge in [0.05, 0.1) is 21.3 Å². The maximum atomic E-state index is 12.1. The molecule has 0 aliphatic carbocycles. The van der Waals surface area contributed by atoms with E-state index in [0.717, 1.165) is 0 Å². The van der Waals surface area contributed by atoms with E-state index in [1.165, 1.54) is 26.2 Å². The van der Waals surface area contributed by atoms with Crippen molar-refractivity contribution in [1.29, 1.82) is 0 Å². The number of amides is 1. The molecule has 0 spiro atoms. The van der Waals surface area contributed by atoms with Gasteiger partial charge in [-0.05, 0) is 6.07 Å². The van der Waals surface area contributed by atoms with Crippen LogP contribution in [0.15, 0.2) is 30.6 Å². The highest BCUT2D eigenvalue weighted by Crippen LogP contribution is 2.39. The Balaban J connectivity index is 1.91. The van der Waals surface area contributed by atoms with Gasteiger partial charge in [0.2, 0.25) is 11.7 Å². The second-order valence-corrected chi connectivity index (χ2v) is 5.53. The zero-order valence-electron chi connectivity index (χ0n) is 16.1. The van der Waals surface area contributed by atoms with Gasteiger partial charge in [-0.15, -0.1) is 0 Å². The summed E-state index contributed by atoms with van der Waals surface area (Å²) in [5.74, 6) is 0.454. The minimum atomic E-state index is -0.588. The maximum Gasteiger partial charge on any atom is 0.326 e. The van der Waals surface area contributed by atoms with Gasteiger partial charge in [-0.3, -0.25) is 9.59 Å². The first kappa shape index (κ1) is 20.7. The minimum Gasteiger partial charge on any atom is -0.493 e. The number of ether oxygens (including phenoxy) is 4. The van der Waals surface area contributed by atoms with Crippen LogP contribution in [0.25, 0.3) is 0 Å². The van der Waals surface area contributed by atoms with E-state index < -0.39 is 18.5 Å². The molecule has 2 aromatic rings. The summed E-state index contributed by atoms with van der Waals surface area (Å²) in [7, 11) is 6.07. The normalized spacial score (nSPS) is 10.0. The summed E-state index contributed by atoms with van der Waals surface area (Å²) < 4.78 is 20.7. The number of benzene rings is 1. The van der Waals surface area contributed by atoms with E-state index in [2.05, 4.69) is 15.3 Å². The third-order valence-electron chi connectivity index (χ3n) is 3.57. The molecule has 1 aromatic heterocycles. The molecule has 28 heavy (non-hydrogen) atoms. The van der Waals surface area contributed by atoms with Gasteiger partial charge in [-0.25, -0.2) is 9.97 Å². The molecule has 0 fully saturated rings. The minimum absolute atomic E-state index is 0.0958. The lowest BCUT2D eigenvalue weighted by Crippen LogP contribution is -2.30. The molecule has 10 heteroatoms. The fraction of sp³-hybridized carbons (Fsp3) is 0.333. The average Bonchev–Trinajstić information content (AvgIpc) is 2.72. The Morgan fingerprint density at radius 2 is 1.64 bits per heavy atom. The monoisotopic (exact) mass is 390 g/mol. The number of hydrogen-bond donors (Lipinski definition) is 1. The van der Waals surface area contributed by atoms with Gasteiger partial charge in [0.1, 0.15) is 6.54 Å². The van der Waals surface area contributed by atoms with E-state index in [4.69, 9.17) is 18.9 Å². The van der Waals surface area contributed by atoms with Crippen LogP contribution in [0.4, 0.5) is 11.6 Å². The standard InChI is InChI=1S/C18H22N4O6/c1-22(18-19-6-5-7-20-18)10-16(24)28-11-15(23)21-12-8-13(25-2)17(27-4)14(9-12)26-3/h5-9H,10-11H2,1-4H3,(H,21,23). The Hall–Kier alpha value is -3.56. The molecule has 0 saturated carbocycles. The smallest absolute Gasteiger partial charge is 0.326 e. The van der Waals surface area contributed by atoms with Crippen LogP contribution in [0.1, 0.15) is 0 Å². The summed E-state index contributed by atoms with van der Waals surface area (Å²) in [5, 5.41) is 2.61. The molecule has 0 radical (unpaired) electrons. The van der Waals surface area contributed by atoms with E-state index >= 15 is 0 Å². The number of likely N-dealkylation sites (N-methyl/N-ethyl adjacent to an activating group) is 1. The lowest BCUT2D eigenvalue weighted by atomic mass is 10.2. The number of carbonyl (C=O) groups excluding carboxylic acids is 2. The van der Waals surface area contributed by atoms with Crippen molar-refractivity contribution >= 4 is 23.5 Å². The van der Waals surface area contributed by atoms with Gasteiger partial charge >= 0.3 is 5.97 Å². The van der Waals surface area contributed by atoms with Gasteiger partial charge < -0.3 is 29.2 Å². The molecule has 0 saturated heterocycles. The van der Waals surface area contributed by atoms with Crippen molar-refractivity contribution in [2.24, 2.45) is 0 Å². The van der Waals surface area contributed by atoms with E-state index in [1.807, 2.05) is 0 Å². The van der Waals surface area contributed by atoms with E-state index in [9.17, 15) is 9.59 Å². The molecule has 2 rings (SSSR count). The fourth-order valence-electron chi connectivity index (χ4n) is 2.29. The number of esters is 1. The summed E-state index contributed by atoms with van der Waals surface area (Å²) in [6, 6.07) is 4.81. The van der Waals surface area contributed by atoms with Gasteiger partial charge in [0.25, 0.3) is 5.91 Å². The highest BCUT2D eigenvalue weighted by atomic mass is 16.5. The predicted molar refractivity (Wildman–Crippen MR) is 101 cm³/mol. The van der Waals surface area contributed by atoms with Crippen molar-refractivity contribution in [3.05, 3.63) is 30.6 Å². The first-order chi connectivity index (χ1) is 13.5. The van der Waals surface area contributed by atoms with Gasteiger partial charge in [0, 0.05) is 37.3 Å². The second-order valence-electron chi connectivity index (χ2n) is 5.53. The zero-order valence-corrected chi connectivity index (χ0v) is 16.1. The van der Waals surface area contributed by atoms with Gasteiger partial charge in [0.15, 0.2) is 18.1 Å². The number of carbonyl (C=O) groups is 2. The van der Waals surface area contributed by atoms with Crippen LogP contribution in [0.3, 0.4) is 0 Å². The Labute approximate surface area is 162 Å². The molecule has 1 amide bonds. The van der Waals surface area contributed by atoms with E-state index in [1.54, 1.807) is 37.6 Å². The second kappa shape index (κ2) is 9.95. The summed E-state index contributed by atoms with van der Waals surface area (Å²) >= 11 is 0. The van der Waals surface area contributed by atoms with Crippen molar-refractivity contribution < 1.29 is 28.5 Å². The van der Waals surface area contributed by atoms with E-state index in [0.29, 0.717) is 28.9 Å². The lowest BCUT2D eigenvalue weighted by Gasteiger charge is -2.16. The van der Waals surface area contributed by atoms with E-state index in [-0.39, 0.29) is 6.54 Å². The third-order valence-corrected chi connectivity index (χ3v) is 3.57. The number of nitrogens with zero attached hydrogens (tertiary/aromatic N) is 3. The molecule has 0 aliphatic rings. The van der Waals surface area contributed by atoms with Gasteiger partial charge in [-0.2, -0.15) is 0 Å². The molecule has 0 atom stereocenters. The highest BCUT2D eigenvalue weighted by molar-refractivity contribution is 5.93. The summed E-state index contributed by atoms with van der Waals surface area (Å²) in [5.41, 5.74) is 0.408. The molecule has 1 aromatic carbocycles. The SMILES string of the molecule is COc1cc(NC(=O)COC(=O)CN(C)c2ncccn2)cc(OC)c1OC. The van der Waals surface area contributed by atoms with Gasteiger partial charge in [-0.1, -0.05) is 0 Å². The Morgan fingerprint density at radius 1 is 1.04 bits per heavy atom. The van der Waals surface area contributed by atoms with Crippen LogP contribution >= 0.6 is 0 Å². The molecule has 10 nitrogen and oxygen atoms in total. The van der Waals surface area contributed by atoms with Crippen LogP contribution in [0.2, 0.25) is 0 Å². The quantitative estimate of drug-likeness (QED) is 0.629. The Bertz CT molecular complexity index is 790. The van der Waals surface area contributed by atoms with Crippen LogP contribution in [-0.4, -0.2) is 63.4 Å². The zero-order chi connectivity index (χ0) is 20.5. The number of nitrogens with one attached hydrogen (secondary N) is 1. The number of rotatable bonds is 9. The van der Waals surface area contributed by atoms with Crippen LogP contribution in [0, 0.1) is 0 Å². The van der Waals surface area contributed by atoms with Crippen molar-refractivity contribution in [2.45, 2.75) is 0 Å². The molecule has 0 unspecified atom stereocenters. The molecular formula is C18H22N4O6. The van der Waals surface area contributed by atoms with Crippen LogP contribution in [0.5, 0.6) is 17.2 Å². The van der Waals surface area contributed by atoms with Crippen LogP contribution in [-0.2, 0) is 14.3 Å². The molecule has 0 aliphatic heterocycles. The first-order valence-electron chi connectivity index (χ1n) is 8.22. The molecule has 1 heterocycles. The fourth-order valence-corrected chi connectivity index (χ4v) is 2.29. The topological polar surface area (TPSA) is 112 Å². The molecule has 0 bridgehead atoms. The maximum absolute atomic E-state index is 12.1. The Morgan fingerprint density at radius 3 is 2.18 bits per heavy atom. The van der Waals surface area contributed by atoms with Crippen molar-refractivity contribution in [1.82, 2.24) is 9.97 Å². The summed E-state index contributed by atoms with van der Waals surface area (Å²) in [6.07, 6.45) is 3.13. The number of methoxy groups -OCH3 is 3. The molecule has 150 valence electrons. The number of anilines is 2.